The van der Waals surface area contributed by atoms with E-state index >= 15 is 0 Å². The van der Waals surface area contributed by atoms with Gasteiger partial charge in [0, 0.05) is 41.0 Å². The van der Waals surface area contributed by atoms with E-state index in [1.807, 2.05) is 0 Å². The standard InChI is InChI=1S/C79H133N5O58/c1-19-41(101)52(112)57(117)72(126-19)123-16-28(100)61(42(102)25(8-85)80-20(2)93)135-69-38(82-22(4)95)49(109)64(34(15-92)130-69)138-75-60(120)66(139-77-68(56(116)46(106)31(12-89)129-77)141-71-40(84-24(6)97)51(111)62(32(13-90)132-71)136-73-58(118)53(113)44(104)29(10-87)127-73)48(108)35(133-75)17-124-76-67(55(115)45(105)30(11-88)128-76)140-70-39(83-23(5)96)50(110)63(33(14-91)131-70)137-74-59(119)54(114)47(107)36(134-74)18-125-79(78(121)122)7-26(98)37(81-21(3)94)65(142-79)43(103)27(99)9-86/h19,25-77,85-92,98-120H,7-18H2,1-6H3,(H,80,93)(H,81,94)(H,82,95)(H,83,96)(H,84,97)(H,121,122)/t19-,25-,26-,27+,28+,29+,30+,31+,32+,33+,34+,35+,36+,37+,38+,39+,40+,41+,42+,43+,44-,45+,46+,47-,48+,49+,50+,51+,52+,53-,54-,55-,56-,57-,58+,59+,60-,61+,62+,63+,64+,65+,66-,67-,68-,69-,70-,71-,72+,73-,74-,75-,76-,77+,79+/m0/s1. The van der Waals surface area contributed by atoms with Gasteiger partial charge in [-0.15, -0.1) is 0 Å². The van der Waals surface area contributed by atoms with Crippen LogP contribution in [-0.2, 0) is 124 Å². The molecule has 142 heavy (non-hydrogen) atoms. The second-order valence-corrected chi connectivity index (χ2v) is 35.8. The van der Waals surface area contributed by atoms with Gasteiger partial charge < -0.3 is 285 Å². The van der Waals surface area contributed by atoms with E-state index in [4.69, 9.17) is 94.7 Å². The van der Waals surface area contributed by atoms with Crippen molar-refractivity contribution in [1.29, 1.82) is 0 Å². The Hall–Kier alpha value is -5.22. The maximum atomic E-state index is 13.3. The molecule has 5 amide bonds. The molecule has 0 aromatic rings. The Labute approximate surface area is 804 Å². The summed E-state index contributed by atoms with van der Waals surface area (Å²) in [5.41, 5.74) is 0. The van der Waals surface area contributed by atoms with Gasteiger partial charge >= 0.3 is 5.97 Å². The summed E-state index contributed by atoms with van der Waals surface area (Å²) in [6.07, 6.45) is -109. The van der Waals surface area contributed by atoms with Gasteiger partial charge in [-0.3, -0.25) is 24.0 Å². The predicted octanol–water partition coefficient (Wildman–Crippen LogP) is -24.4. The molecule has 10 aliphatic rings. The summed E-state index contributed by atoms with van der Waals surface area (Å²) in [5.74, 6) is -10.1. The van der Waals surface area contributed by atoms with Gasteiger partial charge in [0.05, 0.1) is 97.0 Å². The third kappa shape index (κ3) is 27.0. The lowest BCUT2D eigenvalue weighted by molar-refractivity contribution is -0.398. The first kappa shape index (κ1) is 119. The first-order valence-corrected chi connectivity index (χ1v) is 45.0. The van der Waals surface area contributed by atoms with E-state index in [1.165, 1.54) is 6.92 Å². The minimum Gasteiger partial charge on any atom is -0.477 e. The number of aliphatic carboxylic acids is 1. The lowest BCUT2D eigenvalue weighted by Crippen LogP contribution is -2.70. The second kappa shape index (κ2) is 52.0. The molecular formula is C79H133N5O58. The van der Waals surface area contributed by atoms with E-state index in [2.05, 4.69) is 26.6 Å². The first-order valence-electron chi connectivity index (χ1n) is 45.0. The maximum Gasteiger partial charge on any atom is 0.364 e. The molecule has 63 heteroatoms. The van der Waals surface area contributed by atoms with Crippen molar-refractivity contribution in [3.8, 4) is 0 Å². The van der Waals surface area contributed by atoms with Crippen molar-refractivity contribution in [2.75, 3.05) is 72.7 Å². The van der Waals surface area contributed by atoms with Gasteiger partial charge in [-0.2, -0.15) is 0 Å². The second-order valence-electron chi connectivity index (χ2n) is 35.8. The molecule has 10 aliphatic heterocycles. The highest BCUT2D eigenvalue weighted by Gasteiger charge is 2.63. The summed E-state index contributed by atoms with van der Waals surface area (Å²) in [4.78, 5) is 77.3. The van der Waals surface area contributed by atoms with Crippen LogP contribution in [0.2, 0.25) is 0 Å². The number of carboxylic acid groups (broad SMARTS) is 1. The normalized spacial score (nSPS) is 45.7. The number of nitrogens with one attached hydrogen (secondary N) is 5. The molecule has 55 atom stereocenters. The Balaban J connectivity index is 0.971. The number of aliphatic hydroxyl groups is 31. The molecule has 0 aromatic carbocycles. The van der Waals surface area contributed by atoms with Crippen molar-refractivity contribution in [3.05, 3.63) is 0 Å². The van der Waals surface area contributed by atoms with E-state index in [1.54, 1.807) is 0 Å². The summed E-state index contributed by atoms with van der Waals surface area (Å²) in [7, 11) is 0. The molecule has 37 N–H and O–H groups in total. The fraction of sp³-hybridized carbons (Fsp3) is 0.924. The fourth-order valence-electron chi connectivity index (χ4n) is 17.9. The number of carboxylic acids is 1. The topological polar surface area (TPSA) is 995 Å². The van der Waals surface area contributed by atoms with Crippen molar-refractivity contribution in [3.63, 3.8) is 0 Å². The summed E-state index contributed by atoms with van der Waals surface area (Å²) in [5, 5.41) is 370. The zero-order valence-electron chi connectivity index (χ0n) is 76.6. The average Bonchev–Trinajstić information content (AvgIpc) is 0.749. The predicted molar refractivity (Wildman–Crippen MR) is 438 cm³/mol. The maximum absolute atomic E-state index is 13.3. The van der Waals surface area contributed by atoms with E-state index in [-0.39, 0.29) is 0 Å². The fourth-order valence-corrected chi connectivity index (χ4v) is 17.9. The van der Waals surface area contributed by atoms with E-state index in [0.717, 1.165) is 34.6 Å². The quantitative estimate of drug-likeness (QED) is 0.0270. The molecule has 822 valence electrons. The Kier molecular flexibility index (Phi) is 43.5. The Morgan fingerprint density at radius 1 is 0.338 bits per heavy atom. The molecule has 0 saturated carbocycles. The first-order chi connectivity index (χ1) is 66.9. The van der Waals surface area contributed by atoms with Crippen LogP contribution < -0.4 is 26.6 Å². The van der Waals surface area contributed by atoms with Gasteiger partial charge in [0.1, 0.15) is 250 Å². The number of hydrogen-bond donors (Lipinski definition) is 37. The largest absolute Gasteiger partial charge is 0.477 e. The molecule has 10 saturated heterocycles. The van der Waals surface area contributed by atoms with Gasteiger partial charge in [0.25, 0.3) is 5.79 Å². The Morgan fingerprint density at radius 2 is 0.704 bits per heavy atom. The molecule has 10 heterocycles. The minimum absolute atomic E-state index is 0.859. The van der Waals surface area contributed by atoms with Crippen LogP contribution in [0.3, 0.4) is 0 Å². The third-order valence-corrected chi connectivity index (χ3v) is 25.6. The van der Waals surface area contributed by atoms with Crippen LogP contribution in [-0.4, -0.2) is 608 Å². The Bertz CT molecular complexity index is 3950. The smallest absolute Gasteiger partial charge is 0.364 e. The average molecular weight is 2080 g/mol. The zero-order valence-corrected chi connectivity index (χ0v) is 76.6. The van der Waals surface area contributed by atoms with Crippen LogP contribution in [0.4, 0.5) is 0 Å². The molecule has 0 aromatic heterocycles. The number of aliphatic hydroxyl groups excluding tert-OH is 31. The SMILES string of the molecule is CC(=O)N[C@H]1[C@H](O[C@@H]([C@H](O)[C@H](CO)NC(C)=O)[C@H](O)CO[C@@H]2O[C@@H](C)[C@@H](O)[C@@H](O)[C@@H]2O)O[C@H](CO)[C@@H](O[C@@H]2O[C@H](CO[C@H]3O[C@H](CO)[C@@H](O)[C@H](O)[C@@H]3O[C@@H]3O[C@H](CO)[C@@H](O[C@@H]4O[C@H](CO[C@]5(C(=O)O)C[C@H](O)[C@@H](NC(C)=O)[C@H]([C@H](O)[C@H](O)CO)O5)[C@H](O)[C@H](O)[C@H]4O)[C@H](O)[C@H]3NC(C)=O)[C@@H](O)[C@H](O[C@H]3O[C@H](CO)[C@@H](O)[C@H](O)[C@@H]3O[C@@H]3O[C@H](CO)[C@@H](O[C@@H]4O[C@H](CO)[C@H](O)[C@H](O)[C@H]4O)[C@H](O)[C@H]3NC(C)=O)[C@@H]2O)[C@@H]1O. The van der Waals surface area contributed by atoms with Crippen molar-refractivity contribution >= 4 is 35.5 Å². The van der Waals surface area contributed by atoms with E-state index in [9.17, 15) is 192 Å². The van der Waals surface area contributed by atoms with Crippen LogP contribution in [0.15, 0.2) is 0 Å². The van der Waals surface area contributed by atoms with Crippen molar-refractivity contribution in [2.45, 2.75) is 385 Å². The van der Waals surface area contributed by atoms with Crippen LogP contribution in [0.25, 0.3) is 0 Å². The monoisotopic (exact) mass is 2080 g/mol. The number of carbonyl (C=O) groups is 6. The summed E-state index contributed by atoms with van der Waals surface area (Å²) >= 11 is 0. The van der Waals surface area contributed by atoms with Gasteiger partial charge in [-0.25, -0.2) is 4.79 Å². The van der Waals surface area contributed by atoms with Gasteiger partial charge in [0.2, 0.25) is 29.5 Å². The van der Waals surface area contributed by atoms with Crippen molar-refractivity contribution in [2.24, 2.45) is 0 Å². The molecule has 10 fully saturated rings. The van der Waals surface area contributed by atoms with E-state index < -0.39 is 451 Å². The van der Waals surface area contributed by atoms with E-state index in [0.29, 0.717) is 0 Å². The molecule has 0 unspecified atom stereocenters. The molecular weight excluding hydrogens is 1950 g/mol. The summed E-state index contributed by atoms with van der Waals surface area (Å²) < 4.78 is 119. The lowest BCUT2D eigenvalue weighted by atomic mass is 9.88. The van der Waals surface area contributed by atoms with Crippen LogP contribution in [0.1, 0.15) is 48.0 Å². The highest BCUT2D eigenvalue weighted by atomic mass is 16.8. The minimum atomic E-state index is -3.12. The molecule has 63 nitrogen and oxygen atoms in total. The zero-order chi connectivity index (χ0) is 105. The van der Waals surface area contributed by atoms with Crippen LogP contribution in [0, 0.1) is 0 Å². The lowest BCUT2D eigenvalue weighted by Gasteiger charge is -2.51. The summed E-state index contributed by atoms with van der Waals surface area (Å²) in [6.45, 7) is -7.53. The van der Waals surface area contributed by atoms with Crippen LogP contribution >= 0.6 is 0 Å². The highest BCUT2D eigenvalue weighted by molar-refractivity contribution is 5.77. The summed E-state index contributed by atoms with van der Waals surface area (Å²) in [6, 6.07) is -9.77. The number of ether oxygens (including phenoxy) is 20. The number of rotatable bonds is 42. The van der Waals surface area contributed by atoms with Crippen LogP contribution in [0.5, 0.6) is 0 Å². The highest BCUT2D eigenvalue weighted by Crippen LogP contribution is 2.42. The molecule has 0 bridgehead atoms. The van der Waals surface area contributed by atoms with Crippen molar-refractivity contribution in [1.82, 2.24) is 26.6 Å². The van der Waals surface area contributed by atoms with Gasteiger partial charge in [-0.1, -0.05) is 0 Å². The molecule has 0 radical (unpaired) electrons. The van der Waals surface area contributed by atoms with Gasteiger partial charge in [-0.05, 0) is 6.92 Å². The van der Waals surface area contributed by atoms with Gasteiger partial charge in [0.15, 0.2) is 56.6 Å². The Morgan fingerprint density at radius 3 is 1.14 bits per heavy atom. The molecule has 0 spiro atoms. The molecule has 0 aliphatic carbocycles. The number of hydrogen-bond acceptors (Lipinski definition) is 57. The molecule has 10 rings (SSSR count). The number of carbonyl (C=O) groups excluding carboxylic acids is 5. The number of amides is 5. The van der Waals surface area contributed by atoms with Crippen molar-refractivity contribution < 1.29 is 287 Å². The third-order valence-electron chi connectivity index (χ3n) is 25.6.